The van der Waals surface area contributed by atoms with E-state index in [4.69, 9.17) is 14.8 Å². The van der Waals surface area contributed by atoms with Crippen molar-refractivity contribution in [1.82, 2.24) is 14.6 Å². The third kappa shape index (κ3) is 4.87. The van der Waals surface area contributed by atoms with E-state index >= 15 is 0 Å². The monoisotopic (exact) mass is 491 g/mol. The number of benzene rings is 3. The molecule has 0 spiro atoms. The Hall–Kier alpha value is -4.32. The predicted octanol–water partition coefficient (Wildman–Crippen LogP) is 6.34. The molecule has 0 unspecified atom stereocenters. The Labute approximate surface area is 218 Å². The Morgan fingerprint density at radius 2 is 1.49 bits per heavy atom. The maximum atomic E-state index is 5.59. The summed E-state index contributed by atoms with van der Waals surface area (Å²) in [6.07, 6.45) is 0. The number of fused-ring (bicyclic) bond motifs is 1. The lowest BCUT2D eigenvalue weighted by Crippen LogP contribution is -2.34. The van der Waals surface area contributed by atoms with Gasteiger partial charge in [-0.25, -0.2) is 4.98 Å². The number of ether oxygens (including phenoxy) is 1. The molecule has 37 heavy (non-hydrogen) atoms. The number of anilines is 2. The molecule has 0 aliphatic heterocycles. The van der Waals surface area contributed by atoms with Crippen molar-refractivity contribution in [2.75, 3.05) is 43.6 Å². The number of para-hydroxylation sites is 2. The van der Waals surface area contributed by atoms with Crippen LogP contribution in [0.4, 0.5) is 11.5 Å². The Morgan fingerprint density at radius 1 is 0.838 bits per heavy atom. The van der Waals surface area contributed by atoms with Gasteiger partial charge in [-0.2, -0.15) is 9.61 Å². The predicted molar refractivity (Wildman–Crippen MR) is 153 cm³/mol. The summed E-state index contributed by atoms with van der Waals surface area (Å²) in [6, 6.07) is 31.1. The molecule has 5 aromatic rings. The van der Waals surface area contributed by atoms with Gasteiger partial charge < -0.3 is 14.5 Å². The lowest BCUT2D eigenvalue weighted by atomic mass is 10.1. The summed E-state index contributed by atoms with van der Waals surface area (Å²) in [7, 11) is 3.82. The van der Waals surface area contributed by atoms with Gasteiger partial charge in [-0.1, -0.05) is 72.8 Å². The molecule has 6 heteroatoms. The number of hydrogen-bond acceptors (Lipinski definition) is 5. The lowest BCUT2D eigenvalue weighted by molar-refractivity contribution is 0.415. The number of hydrogen-bond donors (Lipinski definition) is 0. The van der Waals surface area contributed by atoms with E-state index in [0.29, 0.717) is 0 Å². The van der Waals surface area contributed by atoms with Crippen molar-refractivity contribution in [3.05, 3.63) is 96.7 Å². The van der Waals surface area contributed by atoms with Crippen molar-refractivity contribution in [3.8, 4) is 28.1 Å². The van der Waals surface area contributed by atoms with E-state index in [-0.39, 0.29) is 0 Å². The Balaban J connectivity index is 1.58. The quantitative estimate of drug-likeness (QED) is 0.241. The first-order chi connectivity index (χ1) is 18.1. The Bertz CT molecular complexity index is 1480. The van der Waals surface area contributed by atoms with E-state index in [2.05, 4.69) is 91.4 Å². The molecule has 188 valence electrons. The highest BCUT2D eigenvalue weighted by Gasteiger charge is 2.20. The van der Waals surface area contributed by atoms with Gasteiger partial charge in [-0.15, -0.1) is 0 Å². The van der Waals surface area contributed by atoms with Crippen LogP contribution in [0.3, 0.4) is 0 Å². The van der Waals surface area contributed by atoms with E-state index < -0.39 is 0 Å². The van der Waals surface area contributed by atoms with Crippen molar-refractivity contribution in [3.63, 3.8) is 0 Å². The van der Waals surface area contributed by atoms with Gasteiger partial charge in [-0.3, -0.25) is 0 Å². The number of methoxy groups -OCH3 is 1. The van der Waals surface area contributed by atoms with Crippen LogP contribution >= 0.6 is 0 Å². The second kappa shape index (κ2) is 10.7. The van der Waals surface area contributed by atoms with Gasteiger partial charge in [0.15, 0.2) is 5.65 Å². The SMILES string of the molecule is CCN(CCN(C)c1ccccc1OC)c1cc(-c2ccccc2)nc2c(-c3ccccc3)c(C)nn12. The maximum Gasteiger partial charge on any atom is 0.166 e. The minimum Gasteiger partial charge on any atom is -0.495 e. The number of likely N-dealkylation sites (N-methyl/N-ethyl adjacent to an activating group) is 2. The lowest BCUT2D eigenvalue weighted by Gasteiger charge is -2.28. The zero-order valence-electron chi connectivity index (χ0n) is 21.9. The molecule has 0 N–H and O–H groups in total. The highest BCUT2D eigenvalue weighted by atomic mass is 16.5. The van der Waals surface area contributed by atoms with Crippen LogP contribution in [0.5, 0.6) is 5.75 Å². The van der Waals surface area contributed by atoms with E-state index in [1.807, 2.05) is 34.8 Å². The van der Waals surface area contributed by atoms with Gasteiger partial charge >= 0.3 is 0 Å². The smallest absolute Gasteiger partial charge is 0.166 e. The molecular formula is C31H33N5O. The first-order valence-electron chi connectivity index (χ1n) is 12.7. The van der Waals surface area contributed by atoms with Crippen molar-refractivity contribution in [2.45, 2.75) is 13.8 Å². The fraction of sp³-hybridized carbons (Fsp3) is 0.226. The molecule has 5 rings (SSSR count). The van der Waals surface area contributed by atoms with Gasteiger partial charge in [0.1, 0.15) is 11.6 Å². The fourth-order valence-corrected chi connectivity index (χ4v) is 4.80. The highest BCUT2D eigenvalue weighted by molar-refractivity contribution is 5.82. The Morgan fingerprint density at radius 3 is 2.16 bits per heavy atom. The third-order valence-corrected chi connectivity index (χ3v) is 6.78. The second-order valence-corrected chi connectivity index (χ2v) is 9.10. The van der Waals surface area contributed by atoms with Crippen LogP contribution in [0.1, 0.15) is 12.6 Å². The molecule has 2 aromatic heterocycles. The molecular weight excluding hydrogens is 458 g/mol. The van der Waals surface area contributed by atoms with Crippen LogP contribution in [-0.4, -0.2) is 48.4 Å². The zero-order valence-corrected chi connectivity index (χ0v) is 21.9. The third-order valence-electron chi connectivity index (χ3n) is 6.78. The molecule has 0 amide bonds. The topological polar surface area (TPSA) is 45.9 Å². The molecule has 6 nitrogen and oxygen atoms in total. The Kier molecular flexibility index (Phi) is 7.08. The van der Waals surface area contributed by atoms with E-state index in [1.165, 1.54) is 0 Å². The van der Waals surface area contributed by atoms with Crippen LogP contribution in [-0.2, 0) is 0 Å². The minimum atomic E-state index is 0.817. The van der Waals surface area contributed by atoms with Crippen molar-refractivity contribution in [1.29, 1.82) is 0 Å². The van der Waals surface area contributed by atoms with Crippen LogP contribution < -0.4 is 14.5 Å². The zero-order chi connectivity index (χ0) is 25.8. The van der Waals surface area contributed by atoms with Crippen molar-refractivity contribution >= 4 is 17.2 Å². The summed E-state index contributed by atoms with van der Waals surface area (Å²) in [6.45, 7) is 6.73. The average molecular weight is 492 g/mol. The molecule has 0 radical (unpaired) electrons. The number of rotatable bonds is 9. The molecule has 0 aliphatic carbocycles. The van der Waals surface area contributed by atoms with Gasteiger partial charge in [0.05, 0.1) is 24.2 Å². The minimum absolute atomic E-state index is 0.817. The van der Waals surface area contributed by atoms with E-state index in [1.54, 1.807) is 7.11 Å². The maximum absolute atomic E-state index is 5.59. The largest absolute Gasteiger partial charge is 0.495 e. The molecule has 0 saturated carbocycles. The second-order valence-electron chi connectivity index (χ2n) is 9.10. The molecule has 0 saturated heterocycles. The number of aromatic nitrogens is 3. The molecule has 3 aromatic carbocycles. The van der Waals surface area contributed by atoms with E-state index in [9.17, 15) is 0 Å². The van der Waals surface area contributed by atoms with Gasteiger partial charge in [-0.05, 0) is 31.5 Å². The van der Waals surface area contributed by atoms with Crippen molar-refractivity contribution < 1.29 is 4.74 Å². The first kappa shape index (κ1) is 24.4. The van der Waals surface area contributed by atoms with Crippen LogP contribution in [0.25, 0.3) is 28.0 Å². The number of aryl methyl sites for hydroxylation is 1. The molecule has 0 aliphatic rings. The van der Waals surface area contributed by atoms with Gasteiger partial charge in [0, 0.05) is 43.9 Å². The number of nitrogens with zero attached hydrogens (tertiary/aromatic N) is 5. The summed E-state index contributed by atoms with van der Waals surface area (Å²) >= 11 is 0. The summed E-state index contributed by atoms with van der Waals surface area (Å²) in [5.74, 6) is 1.91. The molecule has 0 atom stereocenters. The standard InChI is InChI=1S/C31H33N5O/c1-5-35(21-20-34(3)27-18-12-13-19-28(27)37-4)29-22-26(24-14-8-6-9-15-24)32-31-30(23(2)33-36(29)31)25-16-10-7-11-17-25/h6-19,22H,5,20-21H2,1-4H3. The first-order valence-corrected chi connectivity index (χ1v) is 12.7. The normalized spacial score (nSPS) is 11.0. The van der Waals surface area contributed by atoms with Crippen LogP contribution in [0.15, 0.2) is 91.0 Å². The molecule has 0 fully saturated rings. The molecule has 0 bridgehead atoms. The fourth-order valence-electron chi connectivity index (χ4n) is 4.80. The van der Waals surface area contributed by atoms with Gasteiger partial charge in [0.25, 0.3) is 0 Å². The summed E-state index contributed by atoms with van der Waals surface area (Å²) in [5.41, 5.74) is 7.14. The summed E-state index contributed by atoms with van der Waals surface area (Å²) in [5, 5.41) is 4.98. The van der Waals surface area contributed by atoms with Crippen LogP contribution in [0, 0.1) is 6.92 Å². The summed E-state index contributed by atoms with van der Waals surface area (Å²) < 4.78 is 7.60. The van der Waals surface area contributed by atoms with E-state index in [0.717, 1.165) is 70.6 Å². The van der Waals surface area contributed by atoms with Crippen molar-refractivity contribution in [2.24, 2.45) is 0 Å². The van der Waals surface area contributed by atoms with Gasteiger partial charge in [0.2, 0.25) is 0 Å². The molecule has 2 heterocycles. The summed E-state index contributed by atoms with van der Waals surface area (Å²) in [4.78, 5) is 9.74. The highest BCUT2D eigenvalue weighted by Crippen LogP contribution is 2.33. The van der Waals surface area contributed by atoms with Crippen LogP contribution in [0.2, 0.25) is 0 Å². The average Bonchev–Trinajstić information content (AvgIpc) is 3.29.